The minimum absolute atomic E-state index is 0.279. The van der Waals surface area contributed by atoms with Gasteiger partial charge in [0.15, 0.2) is 0 Å². The average molecular weight is 263 g/mol. The summed E-state index contributed by atoms with van der Waals surface area (Å²) < 4.78 is 0. The first-order valence-electron chi connectivity index (χ1n) is 6.37. The zero-order chi connectivity index (χ0) is 14.3. The lowest BCUT2D eigenvalue weighted by Crippen LogP contribution is -2.39. The molecular weight excluding hydrogens is 242 g/mol. The lowest BCUT2D eigenvalue weighted by molar-refractivity contribution is -0.117. The van der Waals surface area contributed by atoms with E-state index in [4.69, 9.17) is 10.2 Å². The normalized spacial score (nSPS) is 11.5. The van der Waals surface area contributed by atoms with Gasteiger partial charge in [0.1, 0.15) is 0 Å². The van der Waals surface area contributed by atoms with Gasteiger partial charge in [-0.05, 0) is 23.1 Å². The number of carbonyl (C=O) groups is 1. The van der Waals surface area contributed by atoms with Crippen LogP contribution in [0.25, 0.3) is 6.08 Å². The van der Waals surface area contributed by atoms with Crippen molar-refractivity contribution in [2.75, 3.05) is 13.2 Å². The van der Waals surface area contributed by atoms with Crippen LogP contribution < -0.4 is 5.32 Å². The fourth-order valence-electron chi connectivity index (χ4n) is 1.56. The summed E-state index contributed by atoms with van der Waals surface area (Å²) in [6.45, 7) is 3.70. The third-order valence-corrected chi connectivity index (χ3v) is 2.82. The quantitative estimate of drug-likeness (QED) is 0.677. The molecule has 3 N–H and O–H groups in total. The number of aliphatic hydroxyl groups excluding tert-OH is 2. The standard InChI is InChI=1S/C15H21NO3/c1-11(2)13-6-3-12(4-7-13)5-8-15(19)16-14(9-17)10-18/h3-8,11,14,17-18H,9-10H2,1-2H3,(H,16,19). The van der Waals surface area contributed by atoms with Crippen LogP contribution in [0.3, 0.4) is 0 Å². The molecule has 0 radical (unpaired) electrons. The van der Waals surface area contributed by atoms with Gasteiger partial charge in [-0.1, -0.05) is 38.1 Å². The Labute approximate surface area is 113 Å². The summed E-state index contributed by atoms with van der Waals surface area (Å²) in [6, 6.07) is 7.36. The first kappa shape index (κ1) is 15.4. The monoisotopic (exact) mass is 263 g/mol. The van der Waals surface area contributed by atoms with Crippen molar-refractivity contribution >= 4 is 12.0 Å². The van der Waals surface area contributed by atoms with Gasteiger partial charge in [-0.2, -0.15) is 0 Å². The van der Waals surface area contributed by atoms with Crippen molar-refractivity contribution in [3.63, 3.8) is 0 Å². The SMILES string of the molecule is CC(C)c1ccc(C=CC(=O)NC(CO)CO)cc1. The van der Waals surface area contributed by atoms with Gasteiger partial charge < -0.3 is 15.5 Å². The van der Waals surface area contributed by atoms with Crippen LogP contribution in [0.1, 0.15) is 30.9 Å². The number of hydrogen-bond acceptors (Lipinski definition) is 3. The van der Waals surface area contributed by atoms with Gasteiger partial charge >= 0.3 is 0 Å². The second-order valence-corrected chi connectivity index (χ2v) is 4.73. The number of benzene rings is 1. The van der Waals surface area contributed by atoms with Crippen LogP contribution in [0, 0.1) is 0 Å². The van der Waals surface area contributed by atoms with Crippen molar-refractivity contribution in [2.45, 2.75) is 25.8 Å². The predicted molar refractivity (Wildman–Crippen MR) is 75.7 cm³/mol. The van der Waals surface area contributed by atoms with Crippen LogP contribution in [0.2, 0.25) is 0 Å². The molecule has 1 aromatic carbocycles. The van der Waals surface area contributed by atoms with Gasteiger partial charge in [0, 0.05) is 6.08 Å². The van der Waals surface area contributed by atoms with Crippen LogP contribution >= 0.6 is 0 Å². The molecular formula is C15H21NO3. The van der Waals surface area contributed by atoms with E-state index in [9.17, 15) is 4.79 Å². The molecule has 19 heavy (non-hydrogen) atoms. The van der Waals surface area contributed by atoms with Gasteiger partial charge in [-0.25, -0.2) is 0 Å². The molecule has 0 aromatic heterocycles. The van der Waals surface area contributed by atoms with Gasteiger partial charge in [0.25, 0.3) is 0 Å². The first-order valence-corrected chi connectivity index (χ1v) is 6.37. The van der Waals surface area contributed by atoms with Gasteiger partial charge in [0.05, 0.1) is 19.3 Å². The first-order chi connectivity index (χ1) is 9.06. The highest BCUT2D eigenvalue weighted by Crippen LogP contribution is 2.15. The van der Waals surface area contributed by atoms with E-state index in [0.29, 0.717) is 5.92 Å². The Bertz CT molecular complexity index is 420. The maximum atomic E-state index is 11.5. The van der Waals surface area contributed by atoms with Gasteiger partial charge in [0.2, 0.25) is 5.91 Å². The lowest BCUT2D eigenvalue weighted by Gasteiger charge is -2.11. The highest BCUT2D eigenvalue weighted by molar-refractivity contribution is 5.91. The van der Waals surface area contributed by atoms with Crippen molar-refractivity contribution < 1.29 is 15.0 Å². The Kier molecular flexibility index (Phi) is 6.25. The molecule has 0 fully saturated rings. The van der Waals surface area contributed by atoms with Crippen LogP contribution in [-0.2, 0) is 4.79 Å². The highest BCUT2D eigenvalue weighted by atomic mass is 16.3. The maximum absolute atomic E-state index is 11.5. The molecule has 0 aliphatic rings. The number of carbonyl (C=O) groups excluding carboxylic acids is 1. The van der Waals surface area contributed by atoms with E-state index in [1.807, 2.05) is 24.3 Å². The zero-order valence-corrected chi connectivity index (χ0v) is 11.3. The molecule has 1 rings (SSSR count). The average Bonchev–Trinajstić information content (AvgIpc) is 2.43. The van der Waals surface area contributed by atoms with E-state index >= 15 is 0 Å². The molecule has 0 aliphatic heterocycles. The summed E-state index contributed by atoms with van der Waals surface area (Å²) in [7, 11) is 0. The minimum atomic E-state index is -0.611. The molecule has 0 saturated heterocycles. The number of aliphatic hydroxyl groups is 2. The molecule has 104 valence electrons. The second kappa shape index (κ2) is 7.71. The van der Waals surface area contributed by atoms with E-state index in [1.165, 1.54) is 11.6 Å². The summed E-state index contributed by atoms with van der Waals surface area (Å²) in [4.78, 5) is 11.5. The number of amides is 1. The Morgan fingerprint density at radius 2 is 1.79 bits per heavy atom. The molecule has 0 aliphatic carbocycles. The Morgan fingerprint density at radius 3 is 2.26 bits per heavy atom. The molecule has 0 saturated carbocycles. The predicted octanol–water partition coefficient (Wildman–Crippen LogP) is 1.29. The van der Waals surface area contributed by atoms with Crippen molar-refractivity contribution in [3.8, 4) is 0 Å². The molecule has 0 heterocycles. The molecule has 0 spiro atoms. The smallest absolute Gasteiger partial charge is 0.244 e. The van der Waals surface area contributed by atoms with Crippen LogP contribution in [0.15, 0.2) is 30.3 Å². The molecule has 0 bridgehead atoms. The van der Waals surface area contributed by atoms with Crippen molar-refractivity contribution in [1.82, 2.24) is 5.32 Å². The van der Waals surface area contributed by atoms with Gasteiger partial charge in [-0.15, -0.1) is 0 Å². The van der Waals surface area contributed by atoms with E-state index in [2.05, 4.69) is 19.2 Å². The molecule has 0 atom stereocenters. The van der Waals surface area contributed by atoms with E-state index in [-0.39, 0.29) is 19.1 Å². The molecule has 4 nitrogen and oxygen atoms in total. The van der Waals surface area contributed by atoms with Crippen LogP contribution in [-0.4, -0.2) is 35.4 Å². The Hall–Kier alpha value is -1.65. The summed E-state index contributed by atoms with van der Waals surface area (Å²) in [5, 5.41) is 20.2. The zero-order valence-electron chi connectivity index (χ0n) is 11.3. The van der Waals surface area contributed by atoms with Gasteiger partial charge in [-0.3, -0.25) is 4.79 Å². The van der Waals surface area contributed by atoms with Crippen molar-refractivity contribution in [3.05, 3.63) is 41.5 Å². The maximum Gasteiger partial charge on any atom is 0.244 e. The summed E-state index contributed by atoms with van der Waals surface area (Å²) in [6.07, 6.45) is 3.09. The summed E-state index contributed by atoms with van der Waals surface area (Å²) in [5.41, 5.74) is 2.19. The molecule has 4 heteroatoms. The van der Waals surface area contributed by atoms with E-state index in [0.717, 1.165) is 5.56 Å². The highest BCUT2D eigenvalue weighted by Gasteiger charge is 2.06. The van der Waals surface area contributed by atoms with Crippen LogP contribution in [0.4, 0.5) is 0 Å². The molecule has 0 unspecified atom stereocenters. The van der Waals surface area contributed by atoms with Crippen molar-refractivity contribution in [2.24, 2.45) is 0 Å². The summed E-state index contributed by atoms with van der Waals surface area (Å²) >= 11 is 0. The van der Waals surface area contributed by atoms with Crippen LogP contribution in [0.5, 0.6) is 0 Å². The second-order valence-electron chi connectivity index (χ2n) is 4.73. The molecule has 1 aromatic rings. The fourth-order valence-corrected chi connectivity index (χ4v) is 1.56. The van der Waals surface area contributed by atoms with Crippen molar-refractivity contribution in [1.29, 1.82) is 0 Å². The third kappa shape index (κ3) is 5.24. The summed E-state index contributed by atoms with van der Waals surface area (Å²) in [5.74, 6) is 0.150. The minimum Gasteiger partial charge on any atom is -0.394 e. The Morgan fingerprint density at radius 1 is 1.21 bits per heavy atom. The van der Waals surface area contributed by atoms with E-state index < -0.39 is 6.04 Å². The third-order valence-electron chi connectivity index (χ3n) is 2.82. The molecule has 1 amide bonds. The topological polar surface area (TPSA) is 69.6 Å². The number of hydrogen-bond donors (Lipinski definition) is 3. The largest absolute Gasteiger partial charge is 0.394 e. The number of nitrogens with one attached hydrogen (secondary N) is 1. The Balaban J connectivity index is 2.58. The lowest BCUT2D eigenvalue weighted by atomic mass is 10.0. The fraction of sp³-hybridized carbons (Fsp3) is 0.400. The van der Waals surface area contributed by atoms with E-state index in [1.54, 1.807) is 6.08 Å². The number of rotatable bonds is 6.